The third kappa shape index (κ3) is 5.46. The minimum absolute atomic E-state index is 0.111. The molecule has 1 aromatic heterocycles. The molecule has 1 aliphatic rings. The fraction of sp³-hybridized carbons (Fsp3) is 0.765. The van der Waals surface area contributed by atoms with Crippen LogP contribution in [0.5, 0.6) is 0 Å². The van der Waals surface area contributed by atoms with Crippen LogP contribution in [0.2, 0.25) is 0 Å². The Balaban J connectivity index is 1.77. The second-order valence-corrected chi connectivity index (χ2v) is 7.12. The van der Waals surface area contributed by atoms with E-state index in [-0.39, 0.29) is 5.54 Å². The lowest BCUT2D eigenvalue weighted by Crippen LogP contribution is -2.39. The van der Waals surface area contributed by atoms with E-state index in [1.165, 1.54) is 31.4 Å². The van der Waals surface area contributed by atoms with Crippen molar-refractivity contribution in [3.8, 4) is 0 Å². The van der Waals surface area contributed by atoms with Crippen molar-refractivity contribution in [3.05, 3.63) is 23.7 Å². The van der Waals surface area contributed by atoms with Crippen molar-refractivity contribution in [1.82, 2.24) is 10.2 Å². The number of likely N-dealkylation sites (N-methyl/N-ethyl adjacent to an activating group) is 1. The number of nitrogens with zero attached hydrogens (tertiary/aromatic N) is 1. The van der Waals surface area contributed by atoms with E-state index in [9.17, 15) is 0 Å². The van der Waals surface area contributed by atoms with E-state index in [1.807, 2.05) is 6.07 Å². The standard InChI is InChI=1S/C17H30N2O2/c1-17(2,3)18-11-14-8-10-21-16(14)13-20-12-15-7-5-6-9-19(15)4/h8,10,15,18H,5-7,9,11-13H2,1-4H3. The Morgan fingerprint density at radius 1 is 1.38 bits per heavy atom. The first-order chi connectivity index (χ1) is 9.96. The average molecular weight is 294 g/mol. The molecule has 21 heavy (non-hydrogen) atoms. The molecule has 1 N–H and O–H groups in total. The van der Waals surface area contributed by atoms with Crippen LogP contribution in [-0.2, 0) is 17.9 Å². The Labute approximate surface area is 128 Å². The number of furan rings is 1. The molecule has 1 unspecified atom stereocenters. The van der Waals surface area contributed by atoms with Gasteiger partial charge in [-0.05, 0) is 53.3 Å². The minimum Gasteiger partial charge on any atom is -0.467 e. The second kappa shape index (κ2) is 7.43. The third-order valence-corrected chi connectivity index (χ3v) is 4.11. The highest BCUT2D eigenvalue weighted by molar-refractivity contribution is 5.16. The quantitative estimate of drug-likeness (QED) is 0.874. The summed E-state index contributed by atoms with van der Waals surface area (Å²) in [4.78, 5) is 2.41. The van der Waals surface area contributed by atoms with Crippen LogP contribution >= 0.6 is 0 Å². The number of hydrogen-bond acceptors (Lipinski definition) is 4. The number of rotatable bonds is 6. The molecule has 0 aromatic carbocycles. The second-order valence-electron chi connectivity index (χ2n) is 7.12. The Morgan fingerprint density at radius 2 is 2.19 bits per heavy atom. The number of piperidine rings is 1. The lowest BCUT2D eigenvalue weighted by Gasteiger charge is -2.32. The summed E-state index contributed by atoms with van der Waals surface area (Å²) in [6, 6.07) is 2.59. The van der Waals surface area contributed by atoms with Crippen molar-refractivity contribution >= 4 is 0 Å². The van der Waals surface area contributed by atoms with Crippen LogP contribution in [0.3, 0.4) is 0 Å². The van der Waals surface area contributed by atoms with Crippen LogP contribution in [0.1, 0.15) is 51.4 Å². The average Bonchev–Trinajstić information content (AvgIpc) is 2.85. The summed E-state index contributed by atoms with van der Waals surface area (Å²) in [5.74, 6) is 0.949. The highest BCUT2D eigenvalue weighted by atomic mass is 16.5. The maximum Gasteiger partial charge on any atom is 0.133 e. The summed E-state index contributed by atoms with van der Waals surface area (Å²) in [5, 5.41) is 3.49. The molecule has 4 heteroatoms. The molecule has 0 bridgehead atoms. The van der Waals surface area contributed by atoms with Crippen molar-refractivity contribution in [2.24, 2.45) is 0 Å². The summed E-state index contributed by atoms with van der Waals surface area (Å²) in [6.07, 6.45) is 5.63. The number of likely N-dealkylation sites (tertiary alicyclic amines) is 1. The normalized spacial score (nSPS) is 20.9. The van der Waals surface area contributed by atoms with Gasteiger partial charge in [0.1, 0.15) is 12.4 Å². The van der Waals surface area contributed by atoms with Crippen LogP contribution in [0, 0.1) is 0 Å². The van der Waals surface area contributed by atoms with E-state index in [0.29, 0.717) is 12.6 Å². The molecule has 120 valence electrons. The topological polar surface area (TPSA) is 37.6 Å². The highest BCUT2D eigenvalue weighted by Crippen LogP contribution is 2.17. The molecule has 1 aromatic rings. The molecule has 0 radical (unpaired) electrons. The van der Waals surface area contributed by atoms with Crippen molar-refractivity contribution in [3.63, 3.8) is 0 Å². The van der Waals surface area contributed by atoms with Crippen LogP contribution < -0.4 is 5.32 Å². The van der Waals surface area contributed by atoms with Crippen LogP contribution in [0.15, 0.2) is 16.7 Å². The molecule has 0 saturated carbocycles. The highest BCUT2D eigenvalue weighted by Gasteiger charge is 2.19. The predicted octanol–water partition coefficient (Wildman–Crippen LogP) is 3.17. The Hall–Kier alpha value is -0.840. The SMILES string of the molecule is CN1CCCCC1COCc1occc1CNC(C)(C)C. The molecule has 1 saturated heterocycles. The van der Waals surface area contributed by atoms with Crippen LogP contribution in [-0.4, -0.2) is 36.7 Å². The van der Waals surface area contributed by atoms with Gasteiger partial charge in [0, 0.05) is 23.7 Å². The molecule has 0 amide bonds. The van der Waals surface area contributed by atoms with E-state index in [1.54, 1.807) is 6.26 Å². The van der Waals surface area contributed by atoms with Gasteiger partial charge >= 0.3 is 0 Å². The molecule has 1 fully saturated rings. The fourth-order valence-electron chi connectivity index (χ4n) is 2.65. The first-order valence-electron chi connectivity index (χ1n) is 8.04. The zero-order chi connectivity index (χ0) is 15.3. The Morgan fingerprint density at radius 3 is 2.90 bits per heavy atom. The zero-order valence-corrected chi connectivity index (χ0v) is 13.9. The number of hydrogen-bond donors (Lipinski definition) is 1. The largest absolute Gasteiger partial charge is 0.467 e. The molecule has 0 spiro atoms. The molecular weight excluding hydrogens is 264 g/mol. The van der Waals surface area contributed by atoms with Gasteiger partial charge in [-0.3, -0.25) is 0 Å². The monoisotopic (exact) mass is 294 g/mol. The third-order valence-electron chi connectivity index (χ3n) is 4.11. The lowest BCUT2D eigenvalue weighted by atomic mass is 10.0. The van der Waals surface area contributed by atoms with Gasteiger partial charge in [0.2, 0.25) is 0 Å². The summed E-state index contributed by atoms with van der Waals surface area (Å²) < 4.78 is 11.5. The van der Waals surface area contributed by atoms with Gasteiger partial charge in [-0.1, -0.05) is 6.42 Å². The Kier molecular flexibility index (Phi) is 5.85. The summed E-state index contributed by atoms with van der Waals surface area (Å²) >= 11 is 0. The summed E-state index contributed by atoms with van der Waals surface area (Å²) in [6.45, 7) is 9.88. The first kappa shape index (κ1) is 16.5. The summed E-state index contributed by atoms with van der Waals surface area (Å²) in [5.41, 5.74) is 1.31. The predicted molar refractivity (Wildman–Crippen MR) is 85.2 cm³/mol. The summed E-state index contributed by atoms with van der Waals surface area (Å²) in [7, 11) is 2.19. The van der Waals surface area contributed by atoms with Gasteiger partial charge in [0.05, 0.1) is 12.9 Å². The molecule has 2 heterocycles. The molecule has 2 rings (SSSR count). The molecule has 0 aliphatic carbocycles. The minimum atomic E-state index is 0.111. The lowest BCUT2D eigenvalue weighted by molar-refractivity contribution is 0.0370. The molecular formula is C17H30N2O2. The van der Waals surface area contributed by atoms with E-state index < -0.39 is 0 Å². The zero-order valence-electron chi connectivity index (χ0n) is 13.9. The van der Waals surface area contributed by atoms with Gasteiger partial charge in [0.15, 0.2) is 0 Å². The van der Waals surface area contributed by atoms with Gasteiger partial charge in [0.25, 0.3) is 0 Å². The van der Waals surface area contributed by atoms with E-state index >= 15 is 0 Å². The van der Waals surface area contributed by atoms with Gasteiger partial charge in [-0.15, -0.1) is 0 Å². The van der Waals surface area contributed by atoms with Crippen molar-refractivity contribution in [2.45, 2.75) is 64.8 Å². The maximum atomic E-state index is 5.90. The Bertz CT molecular complexity index is 423. The molecule has 1 aliphatic heterocycles. The van der Waals surface area contributed by atoms with Crippen LogP contribution in [0.4, 0.5) is 0 Å². The van der Waals surface area contributed by atoms with Crippen molar-refractivity contribution in [2.75, 3.05) is 20.2 Å². The fourth-order valence-corrected chi connectivity index (χ4v) is 2.65. The van der Waals surface area contributed by atoms with Gasteiger partial charge in [-0.25, -0.2) is 0 Å². The molecule has 1 atom stereocenters. The number of nitrogens with one attached hydrogen (secondary N) is 1. The van der Waals surface area contributed by atoms with E-state index in [0.717, 1.165) is 18.9 Å². The maximum absolute atomic E-state index is 5.90. The van der Waals surface area contributed by atoms with E-state index in [2.05, 4.69) is 38.0 Å². The van der Waals surface area contributed by atoms with E-state index in [4.69, 9.17) is 9.15 Å². The number of ether oxygens (including phenoxy) is 1. The first-order valence-corrected chi connectivity index (χ1v) is 8.04. The van der Waals surface area contributed by atoms with Crippen molar-refractivity contribution in [1.29, 1.82) is 0 Å². The van der Waals surface area contributed by atoms with Crippen molar-refractivity contribution < 1.29 is 9.15 Å². The van der Waals surface area contributed by atoms with Gasteiger partial charge in [-0.2, -0.15) is 0 Å². The van der Waals surface area contributed by atoms with Gasteiger partial charge < -0.3 is 19.4 Å². The molecule has 4 nitrogen and oxygen atoms in total. The smallest absolute Gasteiger partial charge is 0.133 e. The van der Waals surface area contributed by atoms with Crippen LogP contribution in [0.25, 0.3) is 0 Å².